The van der Waals surface area contributed by atoms with Gasteiger partial charge >= 0.3 is 5.97 Å². The number of hydrogen-bond donors (Lipinski definition) is 0. The van der Waals surface area contributed by atoms with Gasteiger partial charge in [-0.2, -0.15) is 0 Å². The molecule has 3 nitrogen and oxygen atoms in total. The van der Waals surface area contributed by atoms with E-state index in [4.69, 9.17) is 9.47 Å². The molecule has 0 bridgehead atoms. The monoisotopic (exact) mass is 234 g/mol. The van der Waals surface area contributed by atoms with Crippen LogP contribution in [0.3, 0.4) is 0 Å². The van der Waals surface area contributed by atoms with Crippen LogP contribution in [-0.4, -0.2) is 19.7 Å². The van der Waals surface area contributed by atoms with Crippen molar-refractivity contribution < 1.29 is 14.3 Å². The lowest BCUT2D eigenvalue weighted by molar-refractivity contribution is -0.154. The number of para-hydroxylation sites is 1. The molecular formula is C14H18O3. The van der Waals surface area contributed by atoms with E-state index in [1.807, 2.05) is 31.2 Å². The van der Waals surface area contributed by atoms with E-state index in [-0.39, 0.29) is 5.97 Å². The number of methoxy groups -OCH3 is 1. The lowest BCUT2D eigenvalue weighted by Gasteiger charge is -2.40. The molecule has 0 atom stereocenters. The normalized spacial score (nSPS) is 17.1. The number of rotatable bonds is 4. The molecule has 0 N–H and O–H groups in total. The second kappa shape index (κ2) is 4.78. The van der Waals surface area contributed by atoms with Crippen LogP contribution in [0.25, 0.3) is 0 Å². The van der Waals surface area contributed by atoms with Gasteiger partial charge in [-0.3, -0.25) is 4.79 Å². The van der Waals surface area contributed by atoms with Crippen molar-refractivity contribution in [2.45, 2.75) is 31.6 Å². The summed E-state index contributed by atoms with van der Waals surface area (Å²) in [5.74, 6) is 0.663. The van der Waals surface area contributed by atoms with Gasteiger partial charge < -0.3 is 9.47 Å². The molecule has 1 aliphatic rings. The highest BCUT2D eigenvalue weighted by molar-refractivity contribution is 5.85. The first-order chi connectivity index (χ1) is 8.24. The highest BCUT2D eigenvalue weighted by atomic mass is 16.5. The van der Waals surface area contributed by atoms with Crippen LogP contribution in [0, 0.1) is 0 Å². The molecule has 0 heterocycles. The van der Waals surface area contributed by atoms with Crippen LogP contribution in [-0.2, 0) is 14.9 Å². The van der Waals surface area contributed by atoms with E-state index < -0.39 is 5.41 Å². The molecule has 17 heavy (non-hydrogen) atoms. The Balaban J connectivity index is 2.37. The summed E-state index contributed by atoms with van der Waals surface area (Å²) in [7, 11) is 1.64. The first-order valence-electron chi connectivity index (χ1n) is 6.05. The minimum absolute atomic E-state index is 0.115. The Kier molecular flexibility index (Phi) is 3.36. The standard InChI is InChI=1S/C14H18O3/c1-3-17-13(15)14(9-6-10-14)11-7-4-5-8-12(11)16-2/h4-5,7-8H,3,6,9-10H2,1-2H3. The third-order valence-electron chi connectivity index (χ3n) is 3.50. The maximum atomic E-state index is 12.1. The van der Waals surface area contributed by atoms with Crippen molar-refractivity contribution in [2.75, 3.05) is 13.7 Å². The van der Waals surface area contributed by atoms with Gasteiger partial charge in [0.05, 0.1) is 19.1 Å². The fraction of sp³-hybridized carbons (Fsp3) is 0.500. The minimum Gasteiger partial charge on any atom is -0.496 e. The quantitative estimate of drug-likeness (QED) is 0.751. The molecule has 0 aromatic heterocycles. The highest BCUT2D eigenvalue weighted by Crippen LogP contribution is 2.47. The van der Waals surface area contributed by atoms with E-state index in [1.54, 1.807) is 7.11 Å². The first kappa shape index (κ1) is 12.0. The Morgan fingerprint density at radius 3 is 2.59 bits per heavy atom. The number of ether oxygens (including phenoxy) is 2. The third kappa shape index (κ3) is 1.90. The molecule has 0 spiro atoms. The van der Waals surface area contributed by atoms with E-state index in [0.29, 0.717) is 6.61 Å². The summed E-state index contributed by atoms with van der Waals surface area (Å²) < 4.78 is 10.6. The van der Waals surface area contributed by atoms with Gasteiger partial charge in [0.15, 0.2) is 0 Å². The highest BCUT2D eigenvalue weighted by Gasteiger charge is 2.48. The molecule has 0 amide bonds. The average Bonchev–Trinajstić information content (AvgIpc) is 2.29. The van der Waals surface area contributed by atoms with Gasteiger partial charge in [0.25, 0.3) is 0 Å². The lowest BCUT2D eigenvalue weighted by atomic mass is 9.64. The number of hydrogen-bond acceptors (Lipinski definition) is 3. The van der Waals surface area contributed by atoms with Gasteiger partial charge in [-0.15, -0.1) is 0 Å². The number of esters is 1. The van der Waals surface area contributed by atoms with Crippen molar-refractivity contribution in [1.29, 1.82) is 0 Å². The molecule has 0 saturated heterocycles. The second-order valence-corrected chi connectivity index (χ2v) is 4.36. The SMILES string of the molecule is CCOC(=O)C1(c2ccccc2OC)CCC1. The Morgan fingerprint density at radius 1 is 1.35 bits per heavy atom. The van der Waals surface area contributed by atoms with Gasteiger partial charge in [-0.1, -0.05) is 24.6 Å². The fourth-order valence-electron chi connectivity index (χ4n) is 2.42. The van der Waals surface area contributed by atoms with Crippen molar-refractivity contribution in [3.63, 3.8) is 0 Å². The smallest absolute Gasteiger partial charge is 0.316 e. The Bertz CT molecular complexity index is 408. The maximum Gasteiger partial charge on any atom is 0.316 e. The van der Waals surface area contributed by atoms with Crippen molar-refractivity contribution in [3.8, 4) is 5.75 Å². The molecule has 1 saturated carbocycles. The maximum absolute atomic E-state index is 12.1. The van der Waals surface area contributed by atoms with Gasteiger partial charge in [-0.05, 0) is 25.8 Å². The summed E-state index contributed by atoms with van der Waals surface area (Å²) in [4.78, 5) is 12.1. The number of carbonyl (C=O) groups excluding carboxylic acids is 1. The van der Waals surface area contributed by atoms with Crippen molar-refractivity contribution in [3.05, 3.63) is 29.8 Å². The Labute approximate surface area is 102 Å². The van der Waals surface area contributed by atoms with Gasteiger partial charge in [0.1, 0.15) is 5.75 Å². The molecule has 1 aliphatic carbocycles. The number of carbonyl (C=O) groups is 1. The zero-order valence-electron chi connectivity index (χ0n) is 10.4. The molecule has 2 rings (SSSR count). The largest absolute Gasteiger partial charge is 0.496 e. The second-order valence-electron chi connectivity index (χ2n) is 4.36. The summed E-state index contributed by atoms with van der Waals surface area (Å²) >= 11 is 0. The van der Waals surface area contributed by atoms with Crippen molar-refractivity contribution in [1.82, 2.24) is 0 Å². The summed E-state index contributed by atoms with van der Waals surface area (Å²) in [6, 6.07) is 7.72. The molecule has 92 valence electrons. The topological polar surface area (TPSA) is 35.5 Å². The molecule has 1 aromatic rings. The first-order valence-corrected chi connectivity index (χ1v) is 6.05. The Morgan fingerprint density at radius 2 is 2.06 bits per heavy atom. The lowest BCUT2D eigenvalue weighted by Crippen LogP contribution is -2.43. The van der Waals surface area contributed by atoms with E-state index in [1.165, 1.54) is 0 Å². The van der Waals surface area contributed by atoms with E-state index >= 15 is 0 Å². The zero-order valence-corrected chi connectivity index (χ0v) is 10.4. The van der Waals surface area contributed by atoms with Gasteiger partial charge in [0, 0.05) is 5.56 Å². The molecule has 0 unspecified atom stereocenters. The predicted molar refractivity (Wildman–Crippen MR) is 65.2 cm³/mol. The van der Waals surface area contributed by atoms with Crippen LogP contribution < -0.4 is 4.74 Å². The zero-order chi connectivity index (χ0) is 12.3. The van der Waals surface area contributed by atoms with E-state index in [0.717, 1.165) is 30.6 Å². The summed E-state index contributed by atoms with van der Waals surface area (Å²) in [5.41, 5.74) is 0.495. The molecule has 1 fully saturated rings. The van der Waals surface area contributed by atoms with E-state index in [2.05, 4.69) is 0 Å². The van der Waals surface area contributed by atoms with Crippen LogP contribution in [0.15, 0.2) is 24.3 Å². The molecule has 1 aromatic carbocycles. The van der Waals surface area contributed by atoms with Crippen LogP contribution in [0.2, 0.25) is 0 Å². The van der Waals surface area contributed by atoms with Gasteiger partial charge in [-0.25, -0.2) is 0 Å². The van der Waals surface area contributed by atoms with Crippen molar-refractivity contribution >= 4 is 5.97 Å². The predicted octanol–water partition coefficient (Wildman–Crippen LogP) is 2.68. The van der Waals surface area contributed by atoms with E-state index in [9.17, 15) is 4.79 Å². The average molecular weight is 234 g/mol. The van der Waals surface area contributed by atoms with Gasteiger partial charge in [0.2, 0.25) is 0 Å². The van der Waals surface area contributed by atoms with Crippen molar-refractivity contribution in [2.24, 2.45) is 0 Å². The summed E-state index contributed by atoms with van der Waals surface area (Å²) in [6.07, 6.45) is 2.77. The Hall–Kier alpha value is -1.51. The van der Waals surface area contributed by atoms with Crippen LogP contribution in [0.4, 0.5) is 0 Å². The fourth-order valence-corrected chi connectivity index (χ4v) is 2.42. The molecule has 0 radical (unpaired) electrons. The molecule has 0 aliphatic heterocycles. The minimum atomic E-state index is -0.470. The van der Waals surface area contributed by atoms with Crippen LogP contribution >= 0.6 is 0 Å². The third-order valence-corrected chi connectivity index (χ3v) is 3.50. The van der Waals surface area contributed by atoms with Crippen LogP contribution in [0.1, 0.15) is 31.7 Å². The summed E-state index contributed by atoms with van der Waals surface area (Å²) in [5, 5.41) is 0. The van der Waals surface area contributed by atoms with Crippen LogP contribution in [0.5, 0.6) is 5.75 Å². The number of benzene rings is 1. The summed E-state index contributed by atoms with van der Waals surface area (Å²) in [6.45, 7) is 2.27. The molecule has 3 heteroatoms. The molecular weight excluding hydrogens is 216 g/mol.